The summed E-state index contributed by atoms with van der Waals surface area (Å²) in [7, 11) is 0. The number of piperazine rings is 1. The van der Waals surface area contributed by atoms with E-state index in [-0.39, 0.29) is 0 Å². The fourth-order valence-electron chi connectivity index (χ4n) is 2.99. The average molecular weight is 343 g/mol. The van der Waals surface area contributed by atoms with Crippen LogP contribution in [-0.4, -0.2) is 40.4 Å². The Kier molecular flexibility index (Phi) is 6.05. The van der Waals surface area contributed by atoms with Crippen LogP contribution in [0.4, 0.5) is 0 Å². The van der Waals surface area contributed by atoms with E-state index in [1.54, 1.807) is 0 Å². The average Bonchev–Trinajstić information content (AvgIpc) is 2.77. The lowest BCUT2D eigenvalue weighted by Gasteiger charge is -2.36. The summed E-state index contributed by atoms with van der Waals surface area (Å²) in [6.45, 7) is 11.9. The molecule has 2 rings (SSSR count). The first-order chi connectivity index (χ1) is 9.71. The molecule has 0 spiro atoms. The lowest BCUT2D eigenvalue weighted by molar-refractivity contribution is 0.140. The first kappa shape index (κ1) is 16.0. The van der Waals surface area contributed by atoms with Gasteiger partial charge in [-0.2, -0.15) is 5.10 Å². The van der Waals surface area contributed by atoms with E-state index in [2.05, 4.69) is 51.6 Å². The maximum atomic E-state index is 4.71. The Morgan fingerprint density at radius 1 is 1.35 bits per heavy atom. The quantitative estimate of drug-likeness (QED) is 0.862. The zero-order valence-electron chi connectivity index (χ0n) is 13.0. The monoisotopic (exact) mass is 342 g/mol. The van der Waals surface area contributed by atoms with E-state index in [0.717, 1.165) is 39.1 Å². The topological polar surface area (TPSA) is 33.1 Å². The lowest BCUT2D eigenvalue weighted by Crippen LogP contribution is -2.50. The second kappa shape index (κ2) is 7.57. The summed E-state index contributed by atoms with van der Waals surface area (Å²) in [6.07, 6.45) is 3.50. The Bertz CT molecular complexity index is 428. The van der Waals surface area contributed by atoms with Crippen molar-refractivity contribution in [3.63, 3.8) is 0 Å². The fourth-order valence-corrected chi connectivity index (χ4v) is 3.68. The molecule has 4 nitrogen and oxygen atoms in total. The van der Waals surface area contributed by atoms with Gasteiger partial charge in [-0.05, 0) is 35.7 Å². The van der Waals surface area contributed by atoms with Crippen LogP contribution >= 0.6 is 15.9 Å². The molecule has 114 valence electrons. The van der Waals surface area contributed by atoms with Crippen molar-refractivity contribution < 1.29 is 0 Å². The van der Waals surface area contributed by atoms with Crippen molar-refractivity contribution in [2.75, 3.05) is 19.6 Å². The molecule has 1 N–H and O–H groups in total. The van der Waals surface area contributed by atoms with E-state index in [1.807, 2.05) is 0 Å². The van der Waals surface area contributed by atoms with Crippen LogP contribution in [0.25, 0.3) is 0 Å². The molecule has 1 saturated heterocycles. The number of halogens is 1. The molecule has 0 saturated carbocycles. The van der Waals surface area contributed by atoms with E-state index in [1.165, 1.54) is 28.7 Å². The van der Waals surface area contributed by atoms with Crippen LogP contribution in [0.1, 0.15) is 45.0 Å². The van der Waals surface area contributed by atoms with Crippen molar-refractivity contribution in [1.29, 1.82) is 0 Å². The summed E-state index contributed by atoms with van der Waals surface area (Å²) in [5.74, 6) is 0. The number of hydrogen-bond donors (Lipinski definition) is 1. The zero-order chi connectivity index (χ0) is 14.5. The summed E-state index contributed by atoms with van der Waals surface area (Å²) < 4.78 is 3.38. The van der Waals surface area contributed by atoms with Crippen LogP contribution in [0, 0.1) is 0 Å². The van der Waals surface area contributed by atoms with Crippen molar-refractivity contribution >= 4 is 15.9 Å². The molecule has 20 heavy (non-hydrogen) atoms. The standard InChI is InChI=1S/C15H27BrN4/c1-4-7-12-10-17-8-9-19(12)11-14-15(16)13(5-2)18-20(14)6-3/h12,17H,4-11H2,1-3H3. The number of nitrogens with one attached hydrogen (secondary N) is 1. The van der Waals surface area contributed by atoms with Crippen molar-refractivity contribution in [1.82, 2.24) is 20.0 Å². The minimum absolute atomic E-state index is 0.658. The first-order valence-electron chi connectivity index (χ1n) is 7.90. The van der Waals surface area contributed by atoms with Gasteiger partial charge in [0.15, 0.2) is 0 Å². The third kappa shape index (κ3) is 3.43. The highest BCUT2D eigenvalue weighted by Crippen LogP contribution is 2.25. The van der Waals surface area contributed by atoms with E-state index >= 15 is 0 Å². The van der Waals surface area contributed by atoms with Crippen LogP contribution in [0.15, 0.2) is 4.47 Å². The van der Waals surface area contributed by atoms with Gasteiger partial charge in [-0.3, -0.25) is 9.58 Å². The van der Waals surface area contributed by atoms with E-state index < -0.39 is 0 Å². The molecule has 1 aromatic heterocycles. The highest BCUT2D eigenvalue weighted by molar-refractivity contribution is 9.10. The number of nitrogens with zero attached hydrogens (tertiary/aromatic N) is 3. The van der Waals surface area contributed by atoms with Crippen LogP contribution in [0.2, 0.25) is 0 Å². The Balaban J connectivity index is 2.17. The predicted octanol–water partition coefficient (Wildman–Crippen LogP) is 2.80. The largest absolute Gasteiger partial charge is 0.314 e. The molecule has 0 amide bonds. The Morgan fingerprint density at radius 2 is 2.15 bits per heavy atom. The van der Waals surface area contributed by atoms with Gasteiger partial charge in [0, 0.05) is 38.8 Å². The molecular weight excluding hydrogens is 316 g/mol. The Hall–Kier alpha value is -0.390. The van der Waals surface area contributed by atoms with Crippen molar-refractivity contribution in [2.45, 2.75) is 59.2 Å². The fraction of sp³-hybridized carbons (Fsp3) is 0.800. The van der Waals surface area contributed by atoms with Gasteiger partial charge in [-0.15, -0.1) is 0 Å². The van der Waals surface area contributed by atoms with Gasteiger partial charge < -0.3 is 5.32 Å². The van der Waals surface area contributed by atoms with Crippen molar-refractivity contribution in [3.05, 3.63) is 15.9 Å². The third-order valence-electron chi connectivity index (χ3n) is 4.14. The van der Waals surface area contributed by atoms with E-state index in [9.17, 15) is 0 Å². The SMILES string of the molecule is CCCC1CNCCN1Cc1c(Br)c(CC)nn1CC. The molecule has 1 unspecified atom stereocenters. The van der Waals surface area contributed by atoms with E-state index in [0.29, 0.717) is 6.04 Å². The van der Waals surface area contributed by atoms with Gasteiger partial charge in [0.2, 0.25) is 0 Å². The van der Waals surface area contributed by atoms with Gasteiger partial charge in [-0.25, -0.2) is 0 Å². The second-order valence-corrected chi connectivity index (χ2v) is 6.29. The van der Waals surface area contributed by atoms with Crippen molar-refractivity contribution in [2.24, 2.45) is 0 Å². The minimum Gasteiger partial charge on any atom is -0.314 e. The molecule has 5 heteroatoms. The summed E-state index contributed by atoms with van der Waals surface area (Å²) in [6, 6.07) is 0.658. The van der Waals surface area contributed by atoms with Crippen molar-refractivity contribution in [3.8, 4) is 0 Å². The van der Waals surface area contributed by atoms with Crippen LogP contribution in [0.3, 0.4) is 0 Å². The van der Waals surface area contributed by atoms with Gasteiger partial charge in [0.05, 0.1) is 15.9 Å². The summed E-state index contributed by atoms with van der Waals surface area (Å²) in [4.78, 5) is 2.62. The van der Waals surface area contributed by atoms with Crippen LogP contribution in [0.5, 0.6) is 0 Å². The van der Waals surface area contributed by atoms with Gasteiger partial charge >= 0.3 is 0 Å². The normalized spacial score (nSPS) is 20.5. The zero-order valence-corrected chi connectivity index (χ0v) is 14.5. The van der Waals surface area contributed by atoms with Gasteiger partial charge in [0.1, 0.15) is 0 Å². The molecular formula is C15H27BrN4. The number of hydrogen-bond acceptors (Lipinski definition) is 3. The smallest absolute Gasteiger partial charge is 0.0767 e. The lowest BCUT2D eigenvalue weighted by atomic mass is 10.1. The molecule has 0 aliphatic carbocycles. The molecule has 0 aromatic carbocycles. The van der Waals surface area contributed by atoms with Gasteiger partial charge in [-0.1, -0.05) is 20.3 Å². The molecule has 1 atom stereocenters. The maximum Gasteiger partial charge on any atom is 0.0767 e. The molecule has 2 heterocycles. The maximum absolute atomic E-state index is 4.71. The number of rotatable bonds is 6. The Morgan fingerprint density at radius 3 is 2.80 bits per heavy atom. The van der Waals surface area contributed by atoms with E-state index in [4.69, 9.17) is 5.10 Å². The summed E-state index contributed by atoms with van der Waals surface area (Å²) >= 11 is 3.76. The number of aryl methyl sites for hydroxylation is 2. The highest BCUT2D eigenvalue weighted by atomic mass is 79.9. The molecule has 1 fully saturated rings. The molecule has 0 bridgehead atoms. The summed E-state index contributed by atoms with van der Waals surface area (Å²) in [5.41, 5.74) is 2.52. The van der Waals surface area contributed by atoms with Crippen LogP contribution in [-0.2, 0) is 19.5 Å². The number of aromatic nitrogens is 2. The Labute approximate surface area is 131 Å². The highest BCUT2D eigenvalue weighted by Gasteiger charge is 2.24. The molecule has 1 aliphatic heterocycles. The minimum atomic E-state index is 0.658. The first-order valence-corrected chi connectivity index (χ1v) is 8.69. The predicted molar refractivity (Wildman–Crippen MR) is 87.0 cm³/mol. The second-order valence-electron chi connectivity index (χ2n) is 5.49. The third-order valence-corrected chi connectivity index (χ3v) is 5.06. The molecule has 1 aromatic rings. The molecule has 1 aliphatic rings. The molecule has 0 radical (unpaired) electrons. The van der Waals surface area contributed by atoms with Gasteiger partial charge in [0.25, 0.3) is 0 Å². The summed E-state index contributed by atoms with van der Waals surface area (Å²) in [5, 5.41) is 8.23. The van der Waals surface area contributed by atoms with Crippen LogP contribution < -0.4 is 5.32 Å².